The molecule has 1 unspecified atom stereocenters. The monoisotopic (exact) mass is 402 g/mol. The van der Waals surface area contributed by atoms with Crippen molar-refractivity contribution in [3.63, 3.8) is 0 Å². The molecule has 2 amide bonds. The van der Waals surface area contributed by atoms with Crippen LogP contribution in [0.4, 0.5) is 10.6 Å². The van der Waals surface area contributed by atoms with Gasteiger partial charge in [-0.15, -0.1) is 0 Å². The summed E-state index contributed by atoms with van der Waals surface area (Å²) >= 11 is 8.29. The van der Waals surface area contributed by atoms with Crippen molar-refractivity contribution in [3.05, 3.63) is 22.3 Å². The lowest BCUT2D eigenvalue weighted by Crippen LogP contribution is -2.36. The van der Waals surface area contributed by atoms with Gasteiger partial charge in [0.15, 0.2) is 5.11 Å². The fraction of sp³-hybridized carbons (Fsp3) is 0.429. The van der Waals surface area contributed by atoms with E-state index in [0.29, 0.717) is 10.0 Å². The van der Waals surface area contributed by atoms with Gasteiger partial charge < -0.3 is 15.4 Å². The Morgan fingerprint density at radius 3 is 2.74 bits per heavy atom. The van der Waals surface area contributed by atoms with Crippen LogP contribution in [-0.2, 0) is 4.74 Å². The Morgan fingerprint density at radius 1 is 1.43 bits per heavy atom. The van der Waals surface area contributed by atoms with Crippen LogP contribution in [0.5, 0.6) is 0 Å². The second-order valence-electron chi connectivity index (χ2n) is 4.63. The molecule has 23 heavy (non-hydrogen) atoms. The first-order valence-electron chi connectivity index (χ1n) is 7.08. The van der Waals surface area contributed by atoms with Crippen molar-refractivity contribution in [1.82, 2.24) is 15.6 Å². The fourth-order valence-electron chi connectivity index (χ4n) is 1.51. The molecule has 1 rings (SSSR count). The minimum absolute atomic E-state index is 0.00383. The summed E-state index contributed by atoms with van der Waals surface area (Å²) in [6.07, 6.45) is 1.65. The van der Waals surface area contributed by atoms with Crippen molar-refractivity contribution in [2.45, 2.75) is 33.2 Å². The molecule has 0 aromatic carbocycles. The molecule has 7 nitrogen and oxygen atoms in total. The van der Waals surface area contributed by atoms with Gasteiger partial charge >= 0.3 is 6.09 Å². The van der Waals surface area contributed by atoms with E-state index in [0.717, 1.165) is 6.42 Å². The second-order valence-corrected chi connectivity index (χ2v) is 5.96. The van der Waals surface area contributed by atoms with Crippen LogP contribution in [0.1, 0.15) is 37.6 Å². The van der Waals surface area contributed by atoms with Crippen LogP contribution in [0.15, 0.2) is 16.7 Å². The highest BCUT2D eigenvalue weighted by molar-refractivity contribution is 9.10. The topological polar surface area (TPSA) is 92.3 Å². The highest BCUT2D eigenvalue weighted by atomic mass is 79.9. The third-order valence-electron chi connectivity index (χ3n) is 2.81. The van der Waals surface area contributed by atoms with Gasteiger partial charge in [0.2, 0.25) is 0 Å². The van der Waals surface area contributed by atoms with Gasteiger partial charge in [-0.1, -0.05) is 6.92 Å². The first-order chi connectivity index (χ1) is 10.9. The number of halogens is 1. The Morgan fingerprint density at radius 2 is 2.13 bits per heavy atom. The summed E-state index contributed by atoms with van der Waals surface area (Å²) in [7, 11) is 0. The number of carbonyl (C=O) groups is 2. The highest BCUT2D eigenvalue weighted by Gasteiger charge is 2.16. The van der Waals surface area contributed by atoms with E-state index < -0.39 is 6.09 Å². The number of amides is 2. The van der Waals surface area contributed by atoms with Gasteiger partial charge in [0.05, 0.1) is 12.2 Å². The van der Waals surface area contributed by atoms with Crippen LogP contribution >= 0.6 is 28.1 Å². The minimum Gasteiger partial charge on any atom is -0.450 e. The number of nitrogens with zero attached hydrogens (tertiary/aromatic N) is 1. The van der Waals surface area contributed by atoms with Gasteiger partial charge in [-0.25, -0.2) is 9.78 Å². The molecular formula is C14H19BrN4O3S. The van der Waals surface area contributed by atoms with Crippen molar-refractivity contribution in [2.75, 3.05) is 11.9 Å². The molecule has 1 atom stereocenters. The number of pyridine rings is 1. The summed E-state index contributed by atoms with van der Waals surface area (Å²) in [5, 5.41) is 7.91. The van der Waals surface area contributed by atoms with E-state index in [-0.39, 0.29) is 29.5 Å². The Kier molecular flexibility index (Phi) is 7.90. The molecule has 0 aliphatic heterocycles. The largest absolute Gasteiger partial charge is 0.450 e. The van der Waals surface area contributed by atoms with Gasteiger partial charge in [0.25, 0.3) is 5.91 Å². The number of rotatable bonds is 5. The molecule has 0 fully saturated rings. The molecular weight excluding hydrogens is 384 g/mol. The Bertz CT molecular complexity index is 597. The zero-order chi connectivity index (χ0) is 17.4. The predicted molar refractivity (Wildman–Crippen MR) is 95.5 cm³/mol. The van der Waals surface area contributed by atoms with E-state index in [1.165, 1.54) is 6.20 Å². The maximum Gasteiger partial charge on any atom is 0.413 e. The van der Waals surface area contributed by atoms with Gasteiger partial charge in [-0.05, 0) is 54.5 Å². The smallest absolute Gasteiger partial charge is 0.413 e. The first-order valence-corrected chi connectivity index (χ1v) is 8.28. The van der Waals surface area contributed by atoms with Gasteiger partial charge in [-0.3, -0.25) is 10.1 Å². The van der Waals surface area contributed by atoms with Crippen LogP contribution < -0.4 is 16.0 Å². The lowest BCUT2D eigenvalue weighted by atomic mass is 10.2. The van der Waals surface area contributed by atoms with Crippen molar-refractivity contribution in [3.8, 4) is 0 Å². The number of anilines is 1. The van der Waals surface area contributed by atoms with E-state index in [2.05, 4.69) is 36.9 Å². The molecule has 0 bridgehead atoms. The van der Waals surface area contributed by atoms with Gasteiger partial charge in [-0.2, -0.15) is 0 Å². The van der Waals surface area contributed by atoms with Crippen LogP contribution in [0.25, 0.3) is 0 Å². The Labute approximate surface area is 148 Å². The summed E-state index contributed by atoms with van der Waals surface area (Å²) in [6, 6.07) is 1.65. The lowest BCUT2D eigenvalue weighted by molar-refractivity contribution is 0.0939. The first kappa shape index (κ1) is 19.3. The molecule has 0 saturated heterocycles. The fourth-order valence-corrected chi connectivity index (χ4v) is 2.03. The van der Waals surface area contributed by atoms with E-state index in [9.17, 15) is 9.59 Å². The van der Waals surface area contributed by atoms with Gasteiger partial charge in [0, 0.05) is 16.7 Å². The second kappa shape index (κ2) is 9.41. The Hall–Kier alpha value is -1.74. The summed E-state index contributed by atoms with van der Waals surface area (Å²) in [5.41, 5.74) is 0.313. The van der Waals surface area contributed by atoms with Crippen LogP contribution in [-0.4, -0.2) is 34.7 Å². The maximum atomic E-state index is 12.3. The quantitative estimate of drug-likeness (QED) is 0.655. The minimum atomic E-state index is -0.673. The zero-order valence-corrected chi connectivity index (χ0v) is 15.5. The zero-order valence-electron chi connectivity index (χ0n) is 13.1. The number of nitrogens with one attached hydrogen (secondary N) is 3. The molecule has 0 aliphatic rings. The van der Waals surface area contributed by atoms with Crippen molar-refractivity contribution in [2.24, 2.45) is 0 Å². The lowest BCUT2D eigenvalue weighted by Gasteiger charge is -2.15. The predicted octanol–water partition coefficient (Wildman–Crippen LogP) is 2.82. The number of aromatic nitrogens is 1. The molecule has 0 spiro atoms. The standard InChI is InChI=1S/C14H19BrN4O3S/c1-4-8(3)17-12(20)10-6-9(15)7-16-11(10)18-13(23)19-14(21)22-5-2/h6-8H,4-5H2,1-3H3,(H,17,20)(H2,16,18,19,21,23). The Balaban J connectivity index is 2.88. The average molecular weight is 403 g/mol. The van der Waals surface area contributed by atoms with Crippen LogP contribution in [0.3, 0.4) is 0 Å². The molecule has 0 radical (unpaired) electrons. The molecule has 1 aromatic heterocycles. The SMILES string of the molecule is CCOC(=O)NC(=S)Nc1ncc(Br)cc1C(=O)NC(C)CC. The molecule has 0 aliphatic carbocycles. The molecule has 1 aromatic rings. The normalized spacial score (nSPS) is 11.3. The molecule has 1 heterocycles. The number of thiocarbonyl (C=S) groups is 1. The third kappa shape index (κ3) is 6.49. The van der Waals surface area contributed by atoms with Crippen molar-refractivity contribution in [1.29, 1.82) is 0 Å². The molecule has 0 saturated carbocycles. The van der Waals surface area contributed by atoms with Crippen LogP contribution in [0, 0.1) is 0 Å². The van der Waals surface area contributed by atoms with E-state index in [4.69, 9.17) is 17.0 Å². The maximum absolute atomic E-state index is 12.3. The summed E-state index contributed by atoms with van der Waals surface area (Å²) < 4.78 is 5.38. The summed E-state index contributed by atoms with van der Waals surface area (Å²) in [4.78, 5) is 27.8. The number of hydrogen-bond acceptors (Lipinski definition) is 5. The van der Waals surface area contributed by atoms with Gasteiger partial charge in [0.1, 0.15) is 5.82 Å². The summed E-state index contributed by atoms with van der Waals surface area (Å²) in [5.74, 6) is -0.0367. The molecule has 9 heteroatoms. The van der Waals surface area contributed by atoms with E-state index >= 15 is 0 Å². The average Bonchev–Trinajstić information content (AvgIpc) is 2.48. The van der Waals surface area contributed by atoms with E-state index in [1.807, 2.05) is 13.8 Å². The summed E-state index contributed by atoms with van der Waals surface area (Å²) in [6.45, 7) is 5.79. The van der Waals surface area contributed by atoms with Crippen molar-refractivity contribution < 1.29 is 14.3 Å². The third-order valence-corrected chi connectivity index (χ3v) is 3.45. The van der Waals surface area contributed by atoms with Crippen molar-refractivity contribution >= 4 is 51.1 Å². The number of ether oxygens (including phenoxy) is 1. The molecule has 126 valence electrons. The van der Waals surface area contributed by atoms with Crippen LogP contribution in [0.2, 0.25) is 0 Å². The highest BCUT2D eigenvalue weighted by Crippen LogP contribution is 2.18. The number of alkyl carbamates (subject to hydrolysis) is 1. The number of hydrogen-bond donors (Lipinski definition) is 3. The molecule has 3 N–H and O–H groups in total. The van der Waals surface area contributed by atoms with E-state index in [1.54, 1.807) is 13.0 Å². The number of carbonyl (C=O) groups excluding carboxylic acids is 2.